The molecule has 0 radical (unpaired) electrons. The highest BCUT2D eigenvalue weighted by Gasteiger charge is 2.33. The highest BCUT2D eigenvalue weighted by atomic mass is 19.4. The SMILES string of the molecule is COc1cccc(-c2c(C)c(Cc3ccccc3C(F)(F)F)c(C)n(CC(N)c3ccccc3)c2=O)c1. The number of nitrogens with two attached hydrogens (primary N) is 1. The first-order chi connectivity index (χ1) is 17.6. The van der Waals surface area contributed by atoms with Crippen molar-refractivity contribution < 1.29 is 17.9 Å². The molecule has 192 valence electrons. The lowest BCUT2D eigenvalue weighted by Gasteiger charge is -2.23. The molecule has 0 amide bonds. The molecule has 7 heteroatoms. The van der Waals surface area contributed by atoms with Gasteiger partial charge in [0.2, 0.25) is 0 Å². The van der Waals surface area contributed by atoms with Crippen molar-refractivity contribution in [1.29, 1.82) is 0 Å². The Labute approximate surface area is 214 Å². The van der Waals surface area contributed by atoms with Crippen molar-refractivity contribution in [2.75, 3.05) is 7.11 Å². The molecule has 0 saturated heterocycles. The van der Waals surface area contributed by atoms with Gasteiger partial charge in [0.1, 0.15) is 5.75 Å². The first-order valence-electron chi connectivity index (χ1n) is 11.9. The summed E-state index contributed by atoms with van der Waals surface area (Å²) in [4.78, 5) is 13.9. The molecule has 1 heterocycles. The van der Waals surface area contributed by atoms with Gasteiger partial charge in [-0.25, -0.2) is 0 Å². The Kier molecular flexibility index (Phi) is 7.55. The second-order valence-corrected chi connectivity index (χ2v) is 9.06. The fourth-order valence-corrected chi connectivity index (χ4v) is 4.78. The van der Waals surface area contributed by atoms with Crippen LogP contribution in [0.15, 0.2) is 83.7 Å². The fraction of sp³-hybridized carbons (Fsp3) is 0.233. The predicted octanol–water partition coefficient (Wildman–Crippen LogP) is 6.45. The summed E-state index contributed by atoms with van der Waals surface area (Å²) in [6.07, 6.45) is -4.47. The van der Waals surface area contributed by atoms with Crippen LogP contribution in [0.5, 0.6) is 5.75 Å². The predicted molar refractivity (Wildman–Crippen MR) is 140 cm³/mol. The minimum atomic E-state index is -4.49. The Morgan fingerprint density at radius 1 is 0.946 bits per heavy atom. The lowest BCUT2D eigenvalue weighted by atomic mass is 9.91. The zero-order valence-electron chi connectivity index (χ0n) is 21.0. The second kappa shape index (κ2) is 10.6. The number of nitrogens with zero attached hydrogens (tertiary/aromatic N) is 1. The van der Waals surface area contributed by atoms with Gasteiger partial charge in [0.05, 0.1) is 18.2 Å². The Morgan fingerprint density at radius 3 is 2.30 bits per heavy atom. The van der Waals surface area contributed by atoms with Gasteiger partial charge in [0, 0.05) is 24.7 Å². The van der Waals surface area contributed by atoms with Crippen molar-refractivity contribution >= 4 is 0 Å². The molecule has 0 bridgehead atoms. The Bertz CT molecular complexity index is 1460. The number of methoxy groups -OCH3 is 1. The van der Waals surface area contributed by atoms with Gasteiger partial charge >= 0.3 is 6.18 Å². The number of pyridine rings is 1. The van der Waals surface area contributed by atoms with Crippen molar-refractivity contribution in [3.63, 3.8) is 0 Å². The molecule has 0 aliphatic heterocycles. The van der Waals surface area contributed by atoms with E-state index in [-0.39, 0.29) is 24.1 Å². The van der Waals surface area contributed by atoms with E-state index in [0.29, 0.717) is 33.7 Å². The molecule has 4 nitrogen and oxygen atoms in total. The third-order valence-corrected chi connectivity index (χ3v) is 6.78. The van der Waals surface area contributed by atoms with Crippen LogP contribution in [-0.4, -0.2) is 11.7 Å². The van der Waals surface area contributed by atoms with E-state index in [9.17, 15) is 18.0 Å². The molecule has 1 aromatic heterocycles. The van der Waals surface area contributed by atoms with Gasteiger partial charge in [-0.05, 0) is 59.9 Å². The van der Waals surface area contributed by atoms with Gasteiger partial charge in [0.25, 0.3) is 5.56 Å². The monoisotopic (exact) mass is 506 g/mol. The quantitative estimate of drug-likeness (QED) is 0.313. The molecule has 37 heavy (non-hydrogen) atoms. The maximum Gasteiger partial charge on any atom is 0.416 e. The zero-order valence-corrected chi connectivity index (χ0v) is 21.0. The number of rotatable bonds is 7. The van der Waals surface area contributed by atoms with E-state index in [1.807, 2.05) is 30.3 Å². The maximum atomic E-state index is 13.9. The van der Waals surface area contributed by atoms with Crippen LogP contribution in [-0.2, 0) is 19.1 Å². The molecule has 1 atom stereocenters. The van der Waals surface area contributed by atoms with Crippen LogP contribution in [0.25, 0.3) is 11.1 Å². The van der Waals surface area contributed by atoms with Crippen molar-refractivity contribution in [2.45, 2.75) is 39.0 Å². The molecule has 3 aromatic carbocycles. The Morgan fingerprint density at radius 2 is 1.62 bits per heavy atom. The van der Waals surface area contributed by atoms with Gasteiger partial charge in [-0.3, -0.25) is 4.79 Å². The number of halogens is 3. The van der Waals surface area contributed by atoms with E-state index in [0.717, 1.165) is 11.6 Å². The number of aromatic nitrogens is 1. The fourth-order valence-electron chi connectivity index (χ4n) is 4.78. The first kappa shape index (κ1) is 26.2. The van der Waals surface area contributed by atoms with Gasteiger partial charge in [0.15, 0.2) is 0 Å². The number of ether oxygens (including phenoxy) is 1. The van der Waals surface area contributed by atoms with Gasteiger partial charge in [-0.15, -0.1) is 0 Å². The van der Waals surface area contributed by atoms with Gasteiger partial charge in [-0.1, -0.05) is 60.7 Å². The van der Waals surface area contributed by atoms with Crippen molar-refractivity contribution in [2.24, 2.45) is 5.73 Å². The largest absolute Gasteiger partial charge is 0.497 e. The van der Waals surface area contributed by atoms with Crippen molar-refractivity contribution in [1.82, 2.24) is 4.57 Å². The van der Waals surface area contributed by atoms with E-state index in [4.69, 9.17) is 10.5 Å². The van der Waals surface area contributed by atoms with Gasteiger partial charge < -0.3 is 15.0 Å². The summed E-state index contributed by atoms with van der Waals surface area (Å²) in [5.74, 6) is 0.577. The normalized spacial score (nSPS) is 12.4. The smallest absolute Gasteiger partial charge is 0.416 e. The average Bonchev–Trinajstić information content (AvgIpc) is 2.89. The molecular weight excluding hydrogens is 477 g/mol. The van der Waals surface area contributed by atoms with Crippen molar-refractivity contribution in [3.8, 4) is 16.9 Å². The molecule has 0 spiro atoms. The summed E-state index contributed by atoms with van der Waals surface area (Å²) >= 11 is 0. The molecular formula is C30H29F3N2O2. The van der Waals surface area contributed by atoms with E-state index < -0.39 is 17.8 Å². The molecule has 0 saturated carbocycles. The average molecular weight is 507 g/mol. The lowest BCUT2D eigenvalue weighted by molar-refractivity contribution is -0.138. The zero-order chi connectivity index (χ0) is 26.7. The molecule has 0 aliphatic carbocycles. The van der Waals surface area contributed by atoms with E-state index >= 15 is 0 Å². The second-order valence-electron chi connectivity index (χ2n) is 9.06. The van der Waals surface area contributed by atoms with Crippen molar-refractivity contribution in [3.05, 3.63) is 123 Å². The minimum Gasteiger partial charge on any atom is -0.497 e. The van der Waals surface area contributed by atoms with Crippen LogP contribution >= 0.6 is 0 Å². The van der Waals surface area contributed by atoms with Crippen LogP contribution in [0.4, 0.5) is 13.2 Å². The molecule has 1 unspecified atom stereocenters. The minimum absolute atomic E-state index is 0.0190. The third kappa shape index (κ3) is 5.47. The number of benzene rings is 3. The molecule has 4 aromatic rings. The van der Waals surface area contributed by atoms with Crippen LogP contribution in [0, 0.1) is 13.8 Å². The van der Waals surface area contributed by atoms with Gasteiger partial charge in [-0.2, -0.15) is 13.2 Å². The maximum absolute atomic E-state index is 13.9. The first-order valence-corrected chi connectivity index (χ1v) is 11.9. The topological polar surface area (TPSA) is 57.2 Å². The van der Waals surface area contributed by atoms with Crippen LogP contribution in [0.1, 0.15) is 39.6 Å². The molecule has 0 aliphatic rings. The highest BCUT2D eigenvalue weighted by Crippen LogP contribution is 2.35. The highest BCUT2D eigenvalue weighted by molar-refractivity contribution is 5.70. The lowest BCUT2D eigenvalue weighted by Crippen LogP contribution is -2.31. The summed E-state index contributed by atoms with van der Waals surface area (Å²) in [7, 11) is 1.54. The summed E-state index contributed by atoms with van der Waals surface area (Å²) in [6.45, 7) is 3.74. The van der Waals surface area contributed by atoms with Crippen LogP contribution < -0.4 is 16.0 Å². The summed E-state index contributed by atoms with van der Waals surface area (Å²) in [6, 6.07) is 21.6. The summed E-state index contributed by atoms with van der Waals surface area (Å²) < 4.78 is 48.3. The Hall–Kier alpha value is -3.84. The summed E-state index contributed by atoms with van der Waals surface area (Å²) in [5, 5.41) is 0. The van der Waals surface area contributed by atoms with E-state index in [1.54, 1.807) is 48.7 Å². The van der Waals surface area contributed by atoms with Crippen LogP contribution in [0.3, 0.4) is 0 Å². The van der Waals surface area contributed by atoms with Crippen LogP contribution in [0.2, 0.25) is 0 Å². The number of hydrogen-bond donors (Lipinski definition) is 1. The Balaban J connectivity index is 1.93. The van der Waals surface area contributed by atoms with E-state index in [2.05, 4.69) is 0 Å². The molecule has 0 fully saturated rings. The summed E-state index contributed by atoms with van der Waals surface area (Å²) in [5.41, 5.74) is 9.52. The standard InChI is InChI=1S/C30H29F3N2O2/c1-19-25(17-22-12-7-8-15-26(22)30(31,32)33)20(2)35(18-27(34)21-10-5-4-6-11-21)29(36)28(19)23-13-9-14-24(16-23)37-3/h4-16,27H,17-18,34H2,1-3H3. The molecule has 2 N–H and O–H groups in total. The third-order valence-electron chi connectivity index (χ3n) is 6.78. The number of alkyl halides is 3. The van der Waals surface area contributed by atoms with E-state index in [1.165, 1.54) is 19.2 Å². The molecule has 4 rings (SSSR count). The number of hydrogen-bond acceptors (Lipinski definition) is 3.